The molecular formula is C19H17N3O3. The topological polar surface area (TPSA) is 73.2 Å². The van der Waals surface area contributed by atoms with Crippen molar-refractivity contribution >= 4 is 18.2 Å². The molecule has 126 valence electrons. The number of nitrogens with one attached hydrogen (secondary N) is 1. The molecule has 0 unspecified atom stereocenters. The third-order valence-corrected chi connectivity index (χ3v) is 3.65. The number of rotatable bonds is 6. The third kappa shape index (κ3) is 4.32. The van der Waals surface area contributed by atoms with Crippen molar-refractivity contribution in [1.82, 2.24) is 9.55 Å². The summed E-state index contributed by atoms with van der Waals surface area (Å²) in [6, 6.07) is 16.6. The fourth-order valence-electron chi connectivity index (χ4n) is 2.40. The maximum atomic E-state index is 12.0. The molecular weight excluding hydrogens is 318 g/mol. The summed E-state index contributed by atoms with van der Waals surface area (Å²) < 4.78 is 7.00. The Morgan fingerprint density at radius 2 is 1.96 bits per heavy atom. The van der Waals surface area contributed by atoms with Crippen LogP contribution in [0.5, 0.6) is 0 Å². The monoisotopic (exact) mass is 335 g/mol. The van der Waals surface area contributed by atoms with Gasteiger partial charge in [-0.2, -0.15) is 0 Å². The summed E-state index contributed by atoms with van der Waals surface area (Å²) in [6.45, 7) is 0.602. The molecule has 1 aromatic carbocycles. The number of ether oxygens (including phenoxy) is 1. The van der Waals surface area contributed by atoms with E-state index in [1.807, 2.05) is 36.4 Å². The molecule has 0 saturated heterocycles. The van der Waals surface area contributed by atoms with Crippen LogP contribution in [0.25, 0.3) is 0 Å². The van der Waals surface area contributed by atoms with Crippen molar-refractivity contribution in [3.05, 3.63) is 83.8 Å². The highest BCUT2D eigenvalue weighted by Crippen LogP contribution is 2.15. The van der Waals surface area contributed by atoms with E-state index in [2.05, 4.69) is 10.3 Å². The molecule has 0 atom stereocenters. The highest BCUT2D eigenvalue weighted by atomic mass is 16.5. The van der Waals surface area contributed by atoms with Gasteiger partial charge in [-0.05, 0) is 23.8 Å². The van der Waals surface area contributed by atoms with E-state index in [-0.39, 0.29) is 6.61 Å². The van der Waals surface area contributed by atoms with Gasteiger partial charge >= 0.3 is 6.09 Å². The van der Waals surface area contributed by atoms with E-state index in [1.54, 1.807) is 35.2 Å². The van der Waals surface area contributed by atoms with E-state index in [4.69, 9.17) is 4.74 Å². The van der Waals surface area contributed by atoms with Gasteiger partial charge < -0.3 is 9.30 Å². The predicted molar refractivity (Wildman–Crippen MR) is 93.4 cm³/mol. The Bertz CT molecular complexity index is 859. The Balaban J connectivity index is 1.66. The Kier molecular flexibility index (Phi) is 5.21. The molecule has 3 rings (SSSR count). The Labute approximate surface area is 145 Å². The van der Waals surface area contributed by atoms with Crippen LogP contribution in [-0.4, -0.2) is 21.9 Å². The van der Waals surface area contributed by atoms with E-state index < -0.39 is 6.09 Å². The maximum absolute atomic E-state index is 12.0. The highest BCUT2D eigenvalue weighted by molar-refractivity contribution is 5.84. The Morgan fingerprint density at radius 3 is 2.76 bits per heavy atom. The lowest BCUT2D eigenvalue weighted by molar-refractivity contribution is 0.111. The number of amides is 1. The van der Waals surface area contributed by atoms with Crippen LogP contribution < -0.4 is 5.32 Å². The van der Waals surface area contributed by atoms with Crippen molar-refractivity contribution < 1.29 is 14.3 Å². The molecule has 0 spiro atoms. The number of carbonyl (C=O) groups excluding carboxylic acids is 2. The van der Waals surface area contributed by atoms with Gasteiger partial charge in [0, 0.05) is 18.0 Å². The van der Waals surface area contributed by atoms with Crippen molar-refractivity contribution in [1.29, 1.82) is 0 Å². The zero-order valence-electron chi connectivity index (χ0n) is 13.5. The second-order valence-corrected chi connectivity index (χ2v) is 5.38. The summed E-state index contributed by atoms with van der Waals surface area (Å²) in [5.74, 6) is 0.408. The van der Waals surface area contributed by atoms with E-state index >= 15 is 0 Å². The van der Waals surface area contributed by atoms with Gasteiger partial charge in [-0.1, -0.05) is 36.4 Å². The van der Waals surface area contributed by atoms with Crippen LogP contribution in [0, 0.1) is 0 Å². The molecule has 0 aliphatic carbocycles. The smallest absolute Gasteiger partial charge is 0.413 e. The van der Waals surface area contributed by atoms with Crippen LogP contribution in [-0.2, 0) is 17.9 Å². The molecule has 3 aromatic rings. The van der Waals surface area contributed by atoms with Crippen LogP contribution in [0.1, 0.15) is 21.6 Å². The number of nitrogens with zero attached hydrogens (tertiary/aromatic N) is 2. The second kappa shape index (κ2) is 7.92. The highest BCUT2D eigenvalue weighted by Gasteiger charge is 2.10. The Hall–Kier alpha value is -3.41. The number of benzene rings is 1. The summed E-state index contributed by atoms with van der Waals surface area (Å²) in [5.41, 5.74) is 2.24. The molecule has 2 aromatic heterocycles. The van der Waals surface area contributed by atoms with E-state index in [9.17, 15) is 9.59 Å². The molecule has 0 fully saturated rings. The van der Waals surface area contributed by atoms with Crippen LogP contribution in [0.2, 0.25) is 0 Å². The van der Waals surface area contributed by atoms with Gasteiger partial charge in [0.25, 0.3) is 0 Å². The first kappa shape index (κ1) is 16.4. The van der Waals surface area contributed by atoms with Crippen LogP contribution in [0.4, 0.5) is 10.6 Å². The zero-order valence-corrected chi connectivity index (χ0v) is 13.5. The summed E-state index contributed by atoms with van der Waals surface area (Å²) in [6.07, 6.45) is 3.60. The van der Waals surface area contributed by atoms with Crippen molar-refractivity contribution in [2.45, 2.75) is 13.2 Å². The lowest BCUT2D eigenvalue weighted by atomic mass is 10.2. The number of carbonyl (C=O) groups is 2. The van der Waals surface area contributed by atoms with Crippen molar-refractivity contribution in [3.63, 3.8) is 0 Å². The minimum Gasteiger partial charge on any atom is -0.444 e. The van der Waals surface area contributed by atoms with Gasteiger partial charge in [0.15, 0.2) is 6.29 Å². The predicted octanol–water partition coefficient (Wildman–Crippen LogP) is 3.49. The Morgan fingerprint density at radius 1 is 1.12 bits per heavy atom. The molecule has 25 heavy (non-hydrogen) atoms. The summed E-state index contributed by atoms with van der Waals surface area (Å²) in [5, 5.41) is 2.66. The average molecular weight is 335 g/mol. The van der Waals surface area contributed by atoms with Crippen LogP contribution in [0.3, 0.4) is 0 Å². The van der Waals surface area contributed by atoms with Crippen LogP contribution >= 0.6 is 0 Å². The maximum Gasteiger partial charge on any atom is 0.413 e. The fourth-order valence-corrected chi connectivity index (χ4v) is 2.40. The van der Waals surface area contributed by atoms with Crippen molar-refractivity contribution in [3.8, 4) is 0 Å². The minimum atomic E-state index is -0.577. The molecule has 0 saturated carbocycles. The lowest BCUT2D eigenvalue weighted by Crippen LogP contribution is -2.16. The first-order chi connectivity index (χ1) is 12.3. The fraction of sp³-hybridized carbons (Fsp3) is 0.105. The molecule has 2 heterocycles. The minimum absolute atomic E-state index is 0.182. The molecule has 6 heteroatoms. The average Bonchev–Trinajstić information content (AvgIpc) is 3.10. The largest absolute Gasteiger partial charge is 0.444 e. The number of hydrogen-bond acceptors (Lipinski definition) is 4. The molecule has 1 N–H and O–H groups in total. The van der Waals surface area contributed by atoms with Gasteiger partial charge in [-0.25, -0.2) is 9.78 Å². The quantitative estimate of drug-likeness (QED) is 0.700. The van der Waals surface area contributed by atoms with Crippen molar-refractivity contribution in [2.24, 2.45) is 0 Å². The van der Waals surface area contributed by atoms with Gasteiger partial charge in [0.05, 0.1) is 12.2 Å². The summed E-state index contributed by atoms with van der Waals surface area (Å²) in [7, 11) is 0. The number of anilines is 1. The van der Waals surface area contributed by atoms with E-state index in [0.717, 1.165) is 17.4 Å². The first-order valence-electron chi connectivity index (χ1n) is 7.78. The zero-order chi connectivity index (χ0) is 17.5. The number of aldehydes is 1. The van der Waals surface area contributed by atoms with E-state index in [1.165, 1.54) is 0 Å². The van der Waals surface area contributed by atoms with Gasteiger partial charge in [-0.3, -0.25) is 10.1 Å². The van der Waals surface area contributed by atoms with Crippen LogP contribution in [0.15, 0.2) is 67.0 Å². The van der Waals surface area contributed by atoms with Gasteiger partial charge in [0.2, 0.25) is 0 Å². The summed E-state index contributed by atoms with van der Waals surface area (Å²) in [4.78, 5) is 27.3. The molecule has 0 aliphatic heterocycles. The standard InChI is InChI=1S/C19H17N3O3/c23-13-17-9-5-11-22(17)12-16-8-4-10-20-18(16)21-19(24)25-14-15-6-2-1-3-7-15/h1-11,13H,12,14H2,(H,20,21,24). The van der Waals surface area contributed by atoms with Gasteiger partial charge in [-0.15, -0.1) is 0 Å². The number of pyridine rings is 1. The number of hydrogen-bond donors (Lipinski definition) is 1. The van der Waals surface area contributed by atoms with Gasteiger partial charge in [0.1, 0.15) is 12.4 Å². The molecule has 0 aliphatic rings. The lowest BCUT2D eigenvalue weighted by Gasteiger charge is -2.12. The van der Waals surface area contributed by atoms with E-state index in [0.29, 0.717) is 18.1 Å². The first-order valence-corrected chi connectivity index (χ1v) is 7.78. The molecule has 0 bridgehead atoms. The number of aromatic nitrogens is 2. The SMILES string of the molecule is O=Cc1cccn1Cc1cccnc1NC(=O)OCc1ccccc1. The molecule has 6 nitrogen and oxygen atoms in total. The second-order valence-electron chi connectivity index (χ2n) is 5.38. The normalized spacial score (nSPS) is 10.2. The summed E-state index contributed by atoms with van der Waals surface area (Å²) >= 11 is 0. The van der Waals surface area contributed by atoms with Crippen molar-refractivity contribution in [2.75, 3.05) is 5.32 Å². The molecule has 0 radical (unpaired) electrons. The molecule has 1 amide bonds. The third-order valence-electron chi connectivity index (χ3n) is 3.65.